The van der Waals surface area contributed by atoms with Crippen molar-refractivity contribution >= 4 is 23.5 Å². The van der Waals surface area contributed by atoms with Crippen LogP contribution in [0.2, 0.25) is 0 Å². The first-order chi connectivity index (χ1) is 14.6. The monoisotopic (exact) mass is 422 g/mol. The van der Waals surface area contributed by atoms with Gasteiger partial charge in [0.15, 0.2) is 5.82 Å². The Morgan fingerprint density at radius 3 is 2.90 bits per heavy atom. The van der Waals surface area contributed by atoms with E-state index in [0.29, 0.717) is 13.1 Å². The number of hydrogen-bond acceptors (Lipinski definition) is 6. The van der Waals surface area contributed by atoms with Crippen LogP contribution in [0.3, 0.4) is 0 Å². The lowest BCUT2D eigenvalue weighted by atomic mass is 9.97. The van der Waals surface area contributed by atoms with Crippen LogP contribution in [0, 0.1) is 19.8 Å². The predicted octanol–water partition coefficient (Wildman–Crippen LogP) is 4.37. The van der Waals surface area contributed by atoms with Gasteiger partial charge >= 0.3 is 0 Å². The van der Waals surface area contributed by atoms with Gasteiger partial charge in [0.05, 0.1) is 12.5 Å². The van der Waals surface area contributed by atoms with Crippen LogP contribution in [0.5, 0.6) is 0 Å². The number of carbonyl (C=O) groups excluding carboxylic acids is 1. The van der Waals surface area contributed by atoms with Gasteiger partial charge in [-0.15, -0.1) is 0 Å². The average Bonchev–Trinajstić information content (AvgIpc) is 3.18. The smallest absolute Gasteiger partial charge is 0.225 e. The van der Waals surface area contributed by atoms with Gasteiger partial charge in [-0.2, -0.15) is 0 Å². The number of benzene rings is 1. The summed E-state index contributed by atoms with van der Waals surface area (Å²) in [5, 5.41) is 3.88. The number of anilines is 1. The van der Waals surface area contributed by atoms with E-state index in [9.17, 15) is 4.79 Å². The molecule has 1 fully saturated rings. The lowest BCUT2D eigenvalue weighted by Gasteiger charge is -2.33. The zero-order valence-electron chi connectivity index (χ0n) is 17.3. The lowest BCUT2D eigenvalue weighted by Crippen LogP contribution is -2.43. The van der Waals surface area contributed by atoms with Crippen molar-refractivity contribution in [2.24, 2.45) is 5.92 Å². The van der Waals surface area contributed by atoms with Gasteiger partial charge in [0.2, 0.25) is 5.91 Å². The second kappa shape index (κ2) is 9.34. The molecule has 3 heterocycles. The van der Waals surface area contributed by atoms with Gasteiger partial charge < -0.3 is 14.6 Å². The van der Waals surface area contributed by atoms with E-state index in [1.165, 1.54) is 5.56 Å². The maximum atomic E-state index is 12.7. The van der Waals surface area contributed by atoms with Crippen molar-refractivity contribution in [3.05, 3.63) is 65.9 Å². The van der Waals surface area contributed by atoms with E-state index in [4.69, 9.17) is 4.42 Å². The number of rotatable bonds is 6. The number of carbonyl (C=O) groups is 1. The number of aryl methyl sites for hydroxylation is 2. The highest BCUT2D eigenvalue weighted by atomic mass is 32.2. The Balaban J connectivity index is 1.43. The van der Waals surface area contributed by atoms with Gasteiger partial charge in [0, 0.05) is 30.4 Å². The predicted molar refractivity (Wildman–Crippen MR) is 118 cm³/mol. The van der Waals surface area contributed by atoms with E-state index in [-0.39, 0.29) is 11.8 Å². The molecule has 4 rings (SSSR count). The first kappa shape index (κ1) is 20.5. The molecular formula is C23H26N4O2S. The number of hydrogen-bond donors (Lipinski definition) is 1. The molecule has 1 aliphatic rings. The topological polar surface area (TPSA) is 71.3 Å². The highest BCUT2D eigenvalue weighted by molar-refractivity contribution is 7.99. The Hall–Kier alpha value is -2.80. The minimum atomic E-state index is -0.0753. The molecule has 2 aromatic heterocycles. The molecule has 30 heavy (non-hydrogen) atoms. The number of furan rings is 1. The SMILES string of the molecule is Cc1cccc(Sc2nccnc2N2CCC[C@H](C(=O)NCc3ccc(C)o3)C2)c1. The second-order valence-corrected chi connectivity index (χ2v) is 8.68. The molecule has 6 nitrogen and oxygen atoms in total. The van der Waals surface area contributed by atoms with Crippen LogP contribution in [0.25, 0.3) is 0 Å². The molecule has 156 valence electrons. The molecule has 0 aliphatic carbocycles. The van der Waals surface area contributed by atoms with E-state index in [2.05, 4.69) is 51.4 Å². The third-order valence-electron chi connectivity index (χ3n) is 5.18. The Kier molecular flexibility index (Phi) is 6.38. The molecular weight excluding hydrogens is 396 g/mol. The third-order valence-corrected chi connectivity index (χ3v) is 6.15. The fourth-order valence-corrected chi connectivity index (χ4v) is 4.68. The van der Waals surface area contributed by atoms with Crippen LogP contribution in [0.1, 0.15) is 29.9 Å². The van der Waals surface area contributed by atoms with Crippen LogP contribution in [0.4, 0.5) is 5.82 Å². The molecule has 3 aromatic rings. The molecule has 0 bridgehead atoms. The van der Waals surface area contributed by atoms with Crippen LogP contribution < -0.4 is 10.2 Å². The van der Waals surface area contributed by atoms with Gasteiger partial charge in [-0.3, -0.25) is 4.79 Å². The molecule has 1 aromatic carbocycles. The third kappa shape index (κ3) is 5.02. The van der Waals surface area contributed by atoms with Crippen molar-refractivity contribution in [2.45, 2.75) is 43.2 Å². The first-order valence-corrected chi connectivity index (χ1v) is 11.0. The summed E-state index contributed by atoms with van der Waals surface area (Å²) in [6, 6.07) is 12.2. The van der Waals surface area contributed by atoms with E-state index in [1.807, 2.05) is 19.1 Å². The molecule has 7 heteroatoms. The van der Waals surface area contributed by atoms with Crippen LogP contribution >= 0.6 is 11.8 Å². The van der Waals surface area contributed by atoms with Crippen molar-refractivity contribution in [3.63, 3.8) is 0 Å². The number of nitrogens with zero attached hydrogens (tertiary/aromatic N) is 3. The van der Waals surface area contributed by atoms with Crippen LogP contribution in [-0.2, 0) is 11.3 Å². The first-order valence-electron chi connectivity index (χ1n) is 10.2. The molecule has 1 amide bonds. The molecule has 1 saturated heterocycles. The summed E-state index contributed by atoms with van der Waals surface area (Å²) in [4.78, 5) is 25.3. The summed E-state index contributed by atoms with van der Waals surface area (Å²) in [5.74, 6) is 2.46. The van der Waals surface area contributed by atoms with Gasteiger partial charge in [0.25, 0.3) is 0 Å². The molecule has 0 saturated carbocycles. The van der Waals surface area contributed by atoms with Gasteiger partial charge in [-0.1, -0.05) is 29.5 Å². The summed E-state index contributed by atoms with van der Waals surface area (Å²) in [7, 11) is 0. The molecule has 0 unspecified atom stereocenters. The number of aromatic nitrogens is 2. The Bertz CT molecular complexity index is 1020. The number of nitrogens with one attached hydrogen (secondary N) is 1. The maximum absolute atomic E-state index is 12.7. The Labute approximate surface area is 181 Å². The highest BCUT2D eigenvalue weighted by Gasteiger charge is 2.28. The summed E-state index contributed by atoms with van der Waals surface area (Å²) in [6.45, 7) is 5.92. The second-order valence-electron chi connectivity index (χ2n) is 7.62. The van der Waals surface area contributed by atoms with Crippen LogP contribution in [0.15, 0.2) is 63.1 Å². The molecule has 1 atom stereocenters. The fourth-order valence-electron chi connectivity index (χ4n) is 3.68. The average molecular weight is 423 g/mol. The van der Waals surface area contributed by atoms with Gasteiger partial charge in [0.1, 0.15) is 16.5 Å². The normalized spacial score (nSPS) is 16.5. The van der Waals surface area contributed by atoms with Crippen molar-refractivity contribution in [3.8, 4) is 0 Å². The number of piperidine rings is 1. The molecule has 1 aliphatic heterocycles. The molecule has 1 N–H and O–H groups in total. The lowest BCUT2D eigenvalue weighted by molar-refractivity contribution is -0.125. The minimum Gasteiger partial charge on any atom is -0.465 e. The Morgan fingerprint density at radius 2 is 2.10 bits per heavy atom. The summed E-state index contributed by atoms with van der Waals surface area (Å²) < 4.78 is 5.55. The van der Waals surface area contributed by atoms with Crippen molar-refractivity contribution < 1.29 is 9.21 Å². The standard InChI is InChI=1S/C23H26N4O2S/c1-16-5-3-7-20(13-16)30-23-21(24-10-11-25-23)27-12-4-6-18(15-27)22(28)26-14-19-9-8-17(2)29-19/h3,5,7-11,13,18H,4,6,12,14-15H2,1-2H3,(H,26,28)/t18-/m0/s1. The maximum Gasteiger partial charge on any atom is 0.225 e. The fraction of sp³-hybridized carbons (Fsp3) is 0.348. The highest BCUT2D eigenvalue weighted by Crippen LogP contribution is 2.34. The van der Waals surface area contributed by atoms with E-state index in [1.54, 1.807) is 24.2 Å². The van der Waals surface area contributed by atoms with Crippen molar-refractivity contribution in [2.75, 3.05) is 18.0 Å². The molecule has 0 radical (unpaired) electrons. The zero-order chi connectivity index (χ0) is 20.9. The van der Waals surface area contributed by atoms with Gasteiger partial charge in [-0.25, -0.2) is 9.97 Å². The Morgan fingerprint density at radius 1 is 1.23 bits per heavy atom. The van der Waals surface area contributed by atoms with Crippen molar-refractivity contribution in [1.29, 1.82) is 0 Å². The zero-order valence-corrected chi connectivity index (χ0v) is 18.1. The molecule has 0 spiro atoms. The summed E-state index contributed by atoms with van der Waals surface area (Å²) >= 11 is 1.61. The summed E-state index contributed by atoms with van der Waals surface area (Å²) in [5.41, 5.74) is 1.21. The van der Waals surface area contributed by atoms with E-state index in [0.717, 1.165) is 46.6 Å². The minimum absolute atomic E-state index is 0.0607. The largest absolute Gasteiger partial charge is 0.465 e. The van der Waals surface area contributed by atoms with Crippen LogP contribution in [-0.4, -0.2) is 29.0 Å². The van der Waals surface area contributed by atoms with E-state index < -0.39 is 0 Å². The van der Waals surface area contributed by atoms with E-state index >= 15 is 0 Å². The van der Waals surface area contributed by atoms with Gasteiger partial charge in [-0.05, 0) is 51.0 Å². The summed E-state index contributed by atoms with van der Waals surface area (Å²) in [6.07, 6.45) is 5.27. The van der Waals surface area contributed by atoms with Crippen molar-refractivity contribution in [1.82, 2.24) is 15.3 Å². The quantitative estimate of drug-likeness (QED) is 0.636. The number of amides is 1.